The van der Waals surface area contributed by atoms with Gasteiger partial charge < -0.3 is 9.55 Å². The van der Waals surface area contributed by atoms with Crippen molar-refractivity contribution >= 4 is 10.9 Å². The molecule has 0 saturated heterocycles. The summed E-state index contributed by atoms with van der Waals surface area (Å²) in [5, 5.41) is 10.2. The Hall–Kier alpha value is -2.92. The number of fused-ring (bicyclic) bond motifs is 3. The van der Waals surface area contributed by atoms with Crippen LogP contribution in [0.15, 0.2) is 48.5 Å². The molecule has 1 unspecified atom stereocenters. The molecule has 0 saturated carbocycles. The average Bonchev–Trinajstić information content (AvgIpc) is 3.31. The molecular weight excluding hydrogens is 358 g/mol. The number of nitrogens with zero attached hydrogens (tertiary/aromatic N) is 4. The minimum Gasteiger partial charge on any atom is -0.344 e. The fourth-order valence-electron chi connectivity index (χ4n) is 4.45. The van der Waals surface area contributed by atoms with Crippen LogP contribution in [-0.4, -0.2) is 37.7 Å². The van der Waals surface area contributed by atoms with Crippen LogP contribution >= 0.6 is 0 Å². The molecule has 5 nitrogen and oxygen atoms in total. The molecule has 4 aromatic rings. The first-order valence-corrected chi connectivity index (χ1v) is 10.4. The molecule has 0 spiro atoms. The van der Waals surface area contributed by atoms with Gasteiger partial charge in [-0.3, -0.25) is 4.90 Å². The maximum atomic E-state index is 4.40. The van der Waals surface area contributed by atoms with Gasteiger partial charge >= 0.3 is 0 Å². The van der Waals surface area contributed by atoms with Crippen molar-refractivity contribution < 1.29 is 0 Å². The van der Waals surface area contributed by atoms with Gasteiger partial charge in [-0.2, -0.15) is 0 Å². The normalized spacial score (nSPS) is 17.0. The zero-order valence-electron chi connectivity index (χ0n) is 17.3. The molecular formula is C24H27N5. The molecule has 0 fully saturated rings. The van der Waals surface area contributed by atoms with Crippen molar-refractivity contribution in [3.05, 3.63) is 71.2 Å². The Kier molecular flexibility index (Phi) is 4.47. The molecule has 0 amide bonds. The largest absolute Gasteiger partial charge is 0.344 e. The van der Waals surface area contributed by atoms with E-state index in [1.807, 2.05) is 18.2 Å². The predicted molar refractivity (Wildman–Crippen MR) is 117 cm³/mol. The molecule has 2 aromatic heterocycles. The van der Waals surface area contributed by atoms with E-state index in [-0.39, 0.29) is 0 Å². The number of benzene rings is 2. The zero-order valence-corrected chi connectivity index (χ0v) is 17.3. The van der Waals surface area contributed by atoms with Gasteiger partial charge in [-0.1, -0.05) is 42.0 Å². The lowest BCUT2D eigenvalue weighted by atomic mass is 9.99. The van der Waals surface area contributed by atoms with E-state index in [4.69, 9.17) is 0 Å². The molecule has 148 valence electrons. The van der Waals surface area contributed by atoms with E-state index >= 15 is 0 Å². The van der Waals surface area contributed by atoms with Crippen molar-refractivity contribution in [3.8, 4) is 11.4 Å². The van der Waals surface area contributed by atoms with Crippen LogP contribution in [0.1, 0.15) is 29.6 Å². The number of nitrogens with one attached hydrogen (secondary N) is 1. The maximum absolute atomic E-state index is 4.40. The lowest BCUT2D eigenvalue weighted by Gasteiger charge is -2.31. The number of aromatic amines is 1. The monoisotopic (exact) mass is 385 g/mol. The summed E-state index contributed by atoms with van der Waals surface area (Å²) >= 11 is 0. The molecule has 0 radical (unpaired) electrons. The number of aryl methyl sites for hydroxylation is 3. The van der Waals surface area contributed by atoms with E-state index in [1.54, 1.807) is 0 Å². The molecule has 0 bridgehead atoms. The van der Waals surface area contributed by atoms with Crippen LogP contribution in [0.25, 0.3) is 22.3 Å². The second-order valence-corrected chi connectivity index (χ2v) is 8.30. The molecule has 1 N–H and O–H groups in total. The van der Waals surface area contributed by atoms with E-state index in [0.717, 1.165) is 43.1 Å². The Balaban J connectivity index is 1.47. The van der Waals surface area contributed by atoms with Gasteiger partial charge in [0.15, 0.2) is 5.82 Å². The number of likely N-dealkylation sites (N-methyl/N-ethyl adjacent to an activating group) is 1. The van der Waals surface area contributed by atoms with Crippen LogP contribution in [0, 0.1) is 6.92 Å². The smallest absolute Gasteiger partial charge is 0.161 e. The first-order valence-electron chi connectivity index (χ1n) is 10.4. The van der Waals surface area contributed by atoms with E-state index in [0.29, 0.717) is 6.04 Å². The highest BCUT2D eigenvalue weighted by Gasteiger charge is 2.26. The Bertz CT molecular complexity index is 1150. The highest BCUT2D eigenvalue weighted by atomic mass is 15.2. The molecule has 1 atom stereocenters. The number of hydrogen-bond donors (Lipinski definition) is 1. The fourth-order valence-corrected chi connectivity index (χ4v) is 4.45. The van der Waals surface area contributed by atoms with Gasteiger partial charge in [0.25, 0.3) is 0 Å². The summed E-state index contributed by atoms with van der Waals surface area (Å²) < 4.78 is 2.51. The summed E-state index contributed by atoms with van der Waals surface area (Å²) in [6.45, 7) is 6.43. The van der Waals surface area contributed by atoms with Gasteiger partial charge in [0.05, 0.1) is 0 Å². The minimum atomic E-state index is 0.557. The topological polar surface area (TPSA) is 49.7 Å². The van der Waals surface area contributed by atoms with Crippen molar-refractivity contribution in [1.29, 1.82) is 0 Å². The van der Waals surface area contributed by atoms with Crippen LogP contribution in [-0.2, 0) is 25.9 Å². The fraction of sp³-hybridized carbons (Fsp3) is 0.333. The van der Waals surface area contributed by atoms with Gasteiger partial charge in [0.2, 0.25) is 0 Å². The van der Waals surface area contributed by atoms with E-state index in [9.17, 15) is 0 Å². The molecule has 3 heterocycles. The summed E-state index contributed by atoms with van der Waals surface area (Å²) in [5.41, 5.74) is 6.71. The van der Waals surface area contributed by atoms with Crippen LogP contribution in [0.3, 0.4) is 0 Å². The van der Waals surface area contributed by atoms with Crippen LogP contribution < -0.4 is 0 Å². The summed E-state index contributed by atoms with van der Waals surface area (Å²) in [5.74, 6) is 1.78. The third kappa shape index (κ3) is 3.25. The number of hydrogen-bond acceptors (Lipinski definition) is 3. The molecule has 5 heteroatoms. The molecule has 2 aromatic carbocycles. The van der Waals surface area contributed by atoms with Crippen molar-refractivity contribution in [3.63, 3.8) is 0 Å². The zero-order chi connectivity index (χ0) is 20.0. The lowest BCUT2D eigenvalue weighted by molar-refractivity contribution is 0.228. The maximum Gasteiger partial charge on any atom is 0.161 e. The lowest BCUT2D eigenvalue weighted by Crippen LogP contribution is -2.35. The number of rotatable bonds is 4. The quantitative estimate of drug-likeness (QED) is 0.568. The number of H-pyrrole nitrogens is 1. The average molecular weight is 386 g/mol. The SMILES string of the molecule is Cc1ccc2c(c1)c1c(n2CCc2nnc(-c3ccccc3)[nH]2)CC(C)N(C)C1. The van der Waals surface area contributed by atoms with Gasteiger partial charge in [0, 0.05) is 54.1 Å². The minimum absolute atomic E-state index is 0.557. The summed E-state index contributed by atoms with van der Waals surface area (Å²) in [4.78, 5) is 5.86. The van der Waals surface area contributed by atoms with E-state index in [1.165, 1.54) is 27.7 Å². The Morgan fingerprint density at radius 1 is 1.10 bits per heavy atom. The van der Waals surface area contributed by atoms with Crippen molar-refractivity contribution in [1.82, 2.24) is 24.6 Å². The predicted octanol–water partition coefficient (Wildman–Crippen LogP) is 4.35. The Morgan fingerprint density at radius 2 is 1.93 bits per heavy atom. The van der Waals surface area contributed by atoms with Gasteiger partial charge in [-0.25, -0.2) is 0 Å². The molecule has 1 aliphatic heterocycles. The molecule has 0 aliphatic carbocycles. The van der Waals surface area contributed by atoms with Crippen LogP contribution in [0.5, 0.6) is 0 Å². The summed E-state index contributed by atoms with van der Waals surface area (Å²) in [7, 11) is 2.23. The molecule has 29 heavy (non-hydrogen) atoms. The van der Waals surface area contributed by atoms with E-state index < -0.39 is 0 Å². The van der Waals surface area contributed by atoms with Crippen LogP contribution in [0.2, 0.25) is 0 Å². The highest BCUT2D eigenvalue weighted by Crippen LogP contribution is 2.33. The standard InChI is InChI=1S/C24H27N5/c1-16-9-10-21-19(13-16)20-15-28(3)17(2)14-22(20)29(21)12-11-23-25-24(27-26-23)18-7-5-4-6-8-18/h4-10,13,17H,11-12,14-15H2,1-3H3,(H,25,26,27). The third-order valence-corrected chi connectivity index (χ3v) is 6.24. The third-order valence-electron chi connectivity index (χ3n) is 6.24. The van der Waals surface area contributed by atoms with E-state index in [2.05, 4.69) is 75.9 Å². The highest BCUT2D eigenvalue weighted by molar-refractivity contribution is 5.86. The Labute approximate surface area is 171 Å². The molecule has 5 rings (SSSR count). The van der Waals surface area contributed by atoms with Crippen LogP contribution in [0.4, 0.5) is 0 Å². The van der Waals surface area contributed by atoms with Crippen molar-refractivity contribution in [2.75, 3.05) is 7.05 Å². The van der Waals surface area contributed by atoms with Crippen molar-refractivity contribution in [2.24, 2.45) is 0 Å². The van der Waals surface area contributed by atoms with Gasteiger partial charge in [0.1, 0.15) is 5.82 Å². The second-order valence-electron chi connectivity index (χ2n) is 8.30. The summed E-state index contributed by atoms with van der Waals surface area (Å²) in [6, 6.07) is 17.6. The van der Waals surface area contributed by atoms with Gasteiger partial charge in [-0.15, -0.1) is 10.2 Å². The first-order chi connectivity index (χ1) is 14.1. The second kappa shape index (κ2) is 7.16. The van der Waals surface area contributed by atoms with Crippen molar-refractivity contribution in [2.45, 2.75) is 45.8 Å². The summed E-state index contributed by atoms with van der Waals surface area (Å²) in [6.07, 6.45) is 1.93. The number of aromatic nitrogens is 4. The molecule has 1 aliphatic rings. The van der Waals surface area contributed by atoms with Gasteiger partial charge in [-0.05, 0) is 38.6 Å². The first kappa shape index (κ1) is 18.1. The Morgan fingerprint density at radius 3 is 2.76 bits per heavy atom.